The van der Waals surface area contributed by atoms with Crippen LogP contribution in [-0.4, -0.2) is 9.55 Å². The van der Waals surface area contributed by atoms with Crippen molar-refractivity contribution in [2.24, 2.45) is 0 Å². The summed E-state index contributed by atoms with van der Waals surface area (Å²) in [5, 5.41) is 0. The van der Waals surface area contributed by atoms with Gasteiger partial charge in [0.15, 0.2) is 2.14 Å². The molecule has 2 nitrogen and oxygen atoms in total. The van der Waals surface area contributed by atoms with Gasteiger partial charge in [0.1, 0.15) is 0 Å². The Balaban J connectivity index is 3.19. The van der Waals surface area contributed by atoms with Gasteiger partial charge in [-0.2, -0.15) is 0 Å². The molecule has 0 atom stereocenters. The molecule has 13 heavy (non-hydrogen) atoms. The lowest BCUT2D eigenvalue weighted by Gasteiger charge is -2.21. The van der Waals surface area contributed by atoms with Crippen LogP contribution in [0, 0.1) is 0 Å². The number of alkyl halides is 6. The first-order valence-corrected chi connectivity index (χ1v) is 7.65. The molecule has 0 aliphatic carbocycles. The summed E-state index contributed by atoms with van der Waals surface area (Å²) in [6, 6.07) is 0. The van der Waals surface area contributed by atoms with Crippen LogP contribution in [0.3, 0.4) is 0 Å². The molecule has 0 fully saturated rings. The molecule has 0 saturated carbocycles. The van der Waals surface area contributed by atoms with Crippen LogP contribution in [0.4, 0.5) is 0 Å². The molecule has 0 saturated heterocycles. The normalized spacial score (nSPS) is 13.4. The third-order valence-corrected chi connectivity index (χ3v) is 3.57. The van der Waals surface area contributed by atoms with Gasteiger partial charge in [-0.3, -0.25) is 4.57 Å². The number of rotatable bonds is 0. The number of hydrogen-bond donors (Lipinski definition) is 0. The van der Waals surface area contributed by atoms with Gasteiger partial charge in [-0.15, -0.1) is 0 Å². The molecule has 0 radical (unpaired) electrons. The third kappa shape index (κ3) is 3.55. The van der Waals surface area contributed by atoms with Gasteiger partial charge < -0.3 is 0 Å². The van der Waals surface area contributed by atoms with Crippen LogP contribution < -0.4 is 0 Å². The van der Waals surface area contributed by atoms with Crippen molar-refractivity contribution < 1.29 is 0 Å². The minimum absolute atomic E-state index is 0.482. The van der Waals surface area contributed by atoms with E-state index < -0.39 is 4.41 Å². The highest BCUT2D eigenvalue weighted by Gasteiger charge is 2.31. The predicted molar refractivity (Wildman–Crippen MR) is 75.4 cm³/mol. The van der Waals surface area contributed by atoms with Gasteiger partial charge in [-0.25, -0.2) is 4.98 Å². The van der Waals surface area contributed by atoms with E-state index in [4.69, 9.17) is 0 Å². The maximum Gasteiger partial charge on any atom is 0.212 e. The maximum atomic E-state index is 4.04. The highest BCUT2D eigenvalue weighted by atomic mass is 80.0. The summed E-state index contributed by atoms with van der Waals surface area (Å²) >= 11 is 20.5. The molecule has 0 bridgehead atoms. The second-order valence-electron chi connectivity index (χ2n) is 2.11. The minimum Gasteiger partial charge on any atom is -0.297 e. The van der Waals surface area contributed by atoms with E-state index in [-0.39, 0.29) is 0 Å². The van der Waals surface area contributed by atoms with E-state index in [1.165, 1.54) is 0 Å². The lowest BCUT2D eigenvalue weighted by Crippen LogP contribution is -2.16. The minimum atomic E-state index is -0.528. The molecule has 74 valence electrons. The van der Waals surface area contributed by atoms with Crippen LogP contribution in [0.2, 0.25) is 0 Å². The zero-order chi connectivity index (χ0) is 10.3. The first kappa shape index (κ1) is 13.2. The second-order valence-corrected chi connectivity index (χ2v) is 15.5. The standard InChI is InChI=1S/C5H2Br6N2/c6-4(7,8)3-1-12-2-13(3)5(9,10)11/h1-2H. The summed E-state index contributed by atoms with van der Waals surface area (Å²) in [6.07, 6.45) is 3.42. The summed E-state index contributed by atoms with van der Waals surface area (Å²) in [7, 11) is 0. The zero-order valence-electron chi connectivity index (χ0n) is 5.82. The van der Waals surface area contributed by atoms with E-state index in [0.717, 1.165) is 5.69 Å². The van der Waals surface area contributed by atoms with Gasteiger partial charge in [0.05, 0.1) is 18.2 Å². The molecule has 1 aromatic heterocycles. The van der Waals surface area contributed by atoms with Gasteiger partial charge in [-0.05, 0) is 47.8 Å². The van der Waals surface area contributed by atoms with E-state index in [9.17, 15) is 0 Å². The quantitative estimate of drug-likeness (QED) is 0.406. The smallest absolute Gasteiger partial charge is 0.212 e. The van der Waals surface area contributed by atoms with E-state index in [0.29, 0.717) is 0 Å². The lowest BCUT2D eigenvalue weighted by molar-refractivity contribution is 0.812. The van der Waals surface area contributed by atoms with Crippen LogP contribution in [0.15, 0.2) is 12.5 Å². The number of aromatic nitrogens is 2. The molecule has 0 aliphatic heterocycles. The Labute approximate surface area is 126 Å². The molecule has 0 unspecified atom stereocenters. The SMILES string of the molecule is BrC(Br)(Br)c1cncn1C(Br)(Br)Br. The monoisotopic (exact) mass is 564 g/mol. The van der Waals surface area contributed by atoms with Gasteiger partial charge >= 0.3 is 0 Å². The molecule has 0 N–H and O–H groups in total. The molecule has 0 aromatic carbocycles. The predicted octanol–water partition coefficient (Wildman–Crippen LogP) is 4.93. The summed E-state index contributed by atoms with van der Waals surface area (Å²) < 4.78 is 0.842. The summed E-state index contributed by atoms with van der Waals surface area (Å²) in [4.78, 5) is 4.04. The van der Waals surface area contributed by atoms with Crippen LogP contribution in [0.25, 0.3) is 0 Å². The fraction of sp³-hybridized carbons (Fsp3) is 0.400. The Hall–Kier alpha value is 2.09. The Bertz CT molecular complexity index is 266. The van der Waals surface area contributed by atoms with Gasteiger partial charge in [0.25, 0.3) is 0 Å². The summed E-state index contributed by atoms with van der Waals surface area (Å²) in [6.45, 7) is 0. The topological polar surface area (TPSA) is 17.8 Å². The van der Waals surface area contributed by atoms with Gasteiger partial charge in [0, 0.05) is 0 Å². The Morgan fingerprint density at radius 1 is 1.08 bits per heavy atom. The fourth-order valence-corrected chi connectivity index (χ4v) is 2.43. The molecular weight excluding hydrogens is 567 g/mol. The van der Waals surface area contributed by atoms with Crippen LogP contribution in [-0.2, 0) is 4.41 Å². The Morgan fingerprint density at radius 3 is 1.92 bits per heavy atom. The van der Waals surface area contributed by atoms with Crippen LogP contribution in [0.5, 0.6) is 0 Å². The maximum absolute atomic E-state index is 4.04. The largest absolute Gasteiger partial charge is 0.297 e. The van der Waals surface area contributed by atoms with E-state index in [2.05, 4.69) is 101 Å². The van der Waals surface area contributed by atoms with E-state index in [1.807, 2.05) is 4.57 Å². The Kier molecular flexibility index (Phi) is 4.58. The van der Waals surface area contributed by atoms with Gasteiger partial charge in [-0.1, -0.05) is 47.8 Å². The average Bonchev–Trinajstić information content (AvgIpc) is 2.27. The molecule has 1 rings (SSSR count). The highest BCUT2D eigenvalue weighted by molar-refractivity contribution is 9.39. The lowest BCUT2D eigenvalue weighted by atomic mass is 10.5. The molecule has 0 spiro atoms. The highest BCUT2D eigenvalue weighted by Crippen LogP contribution is 2.48. The molecule has 0 amide bonds. The number of hydrogen-bond acceptors (Lipinski definition) is 1. The van der Waals surface area contributed by atoms with Crippen molar-refractivity contribution in [2.45, 2.75) is 4.41 Å². The van der Waals surface area contributed by atoms with Crippen LogP contribution >= 0.6 is 95.6 Å². The second kappa shape index (κ2) is 4.53. The fourth-order valence-electron chi connectivity index (χ4n) is 0.707. The van der Waals surface area contributed by atoms with E-state index >= 15 is 0 Å². The summed E-state index contributed by atoms with van der Waals surface area (Å²) in [5.74, 6) is 0. The summed E-state index contributed by atoms with van der Waals surface area (Å²) in [5.41, 5.74) is 0.901. The van der Waals surface area contributed by atoms with Crippen molar-refractivity contribution in [3.05, 3.63) is 18.2 Å². The van der Waals surface area contributed by atoms with Gasteiger partial charge in [0.2, 0.25) is 2.27 Å². The molecular formula is C5H2Br6N2. The molecule has 0 aliphatic rings. The molecule has 1 heterocycles. The molecule has 1 aromatic rings. The van der Waals surface area contributed by atoms with Crippen molar-refractivity contribution in [1.29, 1.82) is 0 Å². The van der Waals surface area contributed by atoms with Crippen molar-refractivity contribution >= 4 is 95.6 Å². The third-order valence-electron chi connectivity index (χ3n) is 1.20. The number of halogens is 6. The first-order valence-electron chi connectivity index (χ1n) is 2.89. The first-order chi connectivity index (χ1) is 5.73. The zero-order valence-corrected chi connectivity index (χ0v) is 15.3. The van der Waals surface area contributed by atoms with Crippen molar-refractivity contribution in [1.82, 2.24) is 9.55 Å². The molecule has 8 heteroatoms. The van der Waals surface area contributed by atoms with Crippen LogP contribution in [0.1, 0.15) is 5.69 Å². The van der Waals surface area contributed by atoms with Crippen molar-refractivity contribution in [3.8, 4) is 0 Å². The number of imidazole rings is 1. The Morgan fingerprint density at radius 2 is 1.62 bits per heavy atom. The average molecular weight is 570 g/mol. The van der Waals surface area contributed by atoms with Crippen molar-refractivity contribution in [2.75, 3.05) is 0 Å². The van der Waals surface area contributed by atoms with E-state index in [1.54, 1.807) is 12.5 Å². The van der Waals surface area contributed by atoms with Crippen molar-refractivity contribution in [3.63, 3.8) is 0 Å². The number of nitrogens with zero attached hydrogens (tertiary/aromatic N) is 2.